The van der Waals surface area contributed by atoms with Crippen molar-refractivity contribution < 1.29 is 9.47 Å². The average Bonchev–Trinajstić information content (AvgIpc) is 3.10. The van der Waals surface area contributed by atoms with E-state index in [9.17, 15) is 0 Å². The summed E-state index contributed by atoms with van der Waals surface area (Å²) in [5.41, 5.74) is 9.81. The maximum atomic E-state index is 6.09. The van der Waals surface area contributed by atoms with Crippen molar-refractivity contribution >= 4 is 5.96 Å². The van der Waals surface area contributed by atoms with Crippen LogP contribution >= 0.6 is 0 Å². The van der Waals surface area contributed by atoms with Crippen molar-refractivity contribution in [3.63, 3.8) is 0 Å². The van der Waals surface area contributed by atoms with Crippen LogP contribution in [0.15, 0.2) is 47.5 Å². The predicted molar refractivity (Wildman–Crippen MR) is 98.3 cm³/mol. The Kier molecular flexibility index (Phi) is 4.46. The summed E-state index contributed by atoms with van der Waals surface area (Å²) < 4.78 is 11.2. The van der Waals surface area contributed by atoms with Crippen molar-refractivity contribution in [2.45, 2.75) is 25.3 Å². The Bertz CT molecular complexity index is 788. The molecule has 0 saturated carbocycles. The summed E-state index contributed by atoms with van der Waals surface area (Å²) in [4.78, 5) is 4.49. The van der Waals surface area contributed by atoms with Crippen LogP contribution in [0.3, 0.4) is 0 Å². The highest BCUT2D eigenvalue weighted by atomic mass is 16.5. The molecule has 1 unspecified atom stereocenters. The standard InChI is InChI=1S/C20H23N3O2/c21-20(23-17-9-12-25-19-4-2-1-3-16(17)19)22-10-7-14-5-6-18-15(13-14)8-11-24-18/h1-6,13,17H,7-12H2,(H3,21,22,23). The van der Waals surface area contributed by atoms with Gasteiger partial charge in [-0.1, -0.05) is 30.3 Å². The molecule has 1 atom stereocenters. The van der Waals surface area contributed by atoms with E-state index in [4.69, 9.17) is 15.2 Å². The summed E-state index contributed by atoms with van der Waals surface area (Å²) in [6.45, 7) is 2.16. The molecule has 0 radical (unpaired) electrons. The van der Waals surface area contributed by atoms with Gasteiger partial charge in [-0.15, -0.1) is 0 Å². The summed E-state index contributed by atoms with van der Waals surface area (Å²) in [6, 6.07) is 14.6. The van der Waals surface area contributed by atoms with Gasteiger partial charge in [0.1, 0.15) is 11.5 Å². The van der Waals surface area contributed by atoms with Crippen LogP contribution in [0.1, 0.15) is 29.2 Å². The number of fused-ring (bicyclic) bond motifs is 2. The smallest absolute Gasteiger partial charge is 0.189 e. The molecule has 0 aliphatic carbocycles. The monoisotopic (exact) mass is 337 g/mol. The number of aliphatic imine (C=N–C) groups is 1. The minimum atomic E-state index is 0.158. The van der Waals surface area contributed by atoms with Crippen molar-refractivity contribution in [3.05, 3.63) is 59.2 Å². The Labute approximate surface area is 147 Å². The van der Waals surface area contributed by atoms with Gasteiger partial charge in [-0.05, 0) is 29.7 Å². The van der Waals surface area contributed by atoms with Crippen molar-refractivity contribution in [1.82, 2.24) is 5.32 Å². The number of nitrogens with two attached hydrogens (primary N) is 1. The number of para-hydroxylation sites is 1. The summed E-state index contributed by atoms with van der Waals surface area (Å²) in [6.07, 6.45) is 2.76. The molecule has 2 aliphatic heterocycles. The zero-order valence-corrected chi connectivity index (χ0v) is 14.2. The number of ether oxygens (including phenoxy) is 2. The zero-order chi connectivity index (χ0) is 17.1. The highest BCUT2D eigenvalue weighted by Gasteiger charge is 2.21. The van der Waals surface area contributed by atoms with Gasteiger partial charge in [0.05, 0.1) is 19.3 Å². The van der Waals surface area contributed by atoms with Crippen molar-refractivity contribution in [2.24, 2.45) is 10.7 Å². The van der Waals surface area contributed by atoms with Gasteiger partial charge in [0, 0.05) is 24.9 Å². The summed E-state index contributed by atoms with van der Waals surface area (Å²) in [5.74, 6) is 2.44. The first kappa shape index (κ1) is 15.8. The average molecular weight is 337 g/mol. The van der Waals surface area contributed by atoms with Crippen LogP contribution in [0.4, 0.5) is 0 Å². The van der Waals surface area contributed by atoms with Crippen LogP contribution in [0, 0.1) is 0 Å². The van der Waals surface area contributed by atoms with E-state index in [2.05, 4.69) is 34.6 Å². The highest BCUT2D eigenvalue weighted by molar-refractivity contribution is 5.78. The Morgan fingerprint density at radius 2 is 2.00 bits per heavy atom. The third kappa shape index (κ3) is 3.55. The SMILES string of the molecule is NC(=NCCc1ccc2c(c1)CCO2)NC1CCOc2ccccc21. The van der Waals surface area contributed by atoms with Gasteiger partial charge in [-0.25, -0.2) is 0 Å². The molecule has 0 aromatic heterocycles. The van der Waals surface area contributed by atoms with Gasteiger partial charge in [0.2, 0.25) is 0 Å². The van der Waals surface area contributed by atoms with Gasteiger partial charge in [0.15, 0.2) is 5.96 Å². The molecule has 0 amide bonds. The molecule has 4 rings (SSSR count). The van der Waals surface area contributed by atoms with Gasteiger partial charge in [-0.3, -0.25) is 4.99 Å². The molecule has 2 aliphatic rings. The van der Waals surface area contributed by atoms with Crippen LogP contribution < -0.4 is 20.5 Å². The number of nitrogens with one attached hydrogen (secondary N) is 1. The van der Waals surface area contributed by atoms with Gasteiger partial charge >= 0.3 is 0 Å². The van der Waals surface area contributed by atoms with Crippen LogP contribution in [0.5, 0.6) is 11.5 Å². The van der Waals surface area contributed by atoms with E-state index in [1.54, 1.807) is 0 Å². The van der Waals surface area contributed by atoms with Crippen LogP contribution in [0.25, 0.3) is 0 Å². The van der Waals surface area contributed by atoms with Crippen LogP contribution in [0.2, 0.25) is 0 Å². The molecule has 2 aromatic rings. The van der Waals surface area contributed by atoms with Gasteiger partial charge in [0.25, 0.3) is 0 Å². The zero-order valence-electron chi connectivity index (χ0n) is 14.2. The maximum absolute atomic E-state index is 6.09. The lowest BCUT2D eigenvalue weighted by molar-refractivity contribution is 0.262. The second-order valence-corrected chi connectivity index (χ2v) is 6.43. The molecule has 2 heterocycles. The fourth-order valence-corrected chi connectivity index (χ4v) is 3.42. The fourth-order valence-electron chi connectivity index (χ4n) is 3.42. The van der Waals surface area contributed by atoms with E-state index in [1.807, 2.05) is 18.2 Å². The molecule has 0 spiro atoms. The number of nitrogens with zero attached hydrogens (tertiary/aromatic N) is 1. The number of guanidine groups is 1. The Morgan fingerprint density at radius 3 is 2.96 bits per heavy atom. The predicted octanol–water partition coefficient (Wildman–Crippen LogP) is 2.59. The van der Waals surface area contributed by atoms with Gasteiger partial charge < -0.3 is 20.5 Å². The first-order valence-electron chi connectivity index (χ1n) is 8.82. The number of rotatable bonds is 4. The Morgan fingerprint density at radius 1 is 1.12 bits per heavy atom. The molecule has 0 bridgehead atoms. The topological polar surface area (TPSA) is 68.9 Å². The van der Waals surface area contributed by atoms with E-state index in [1.165, 1.54) is 11.1 Å². The number of benzene rings is 2. The van der Waals surface area contributed by atoms with E-state index in [0.717, 1.165) is 42.9 Å². The third-order valence-corrected chi connectivity index (χ3v) is 4.72. The largest absolute Gasteiger partial charge is 0.493 e. The molecule has 5 nitrogen and oxygen atoms in total. The van der Waals surface area contributed by atoms with Crippen LogP contribution in [-0.4, -0.2) is 25.7 Å². The van der Waals surface area contributed by atoms with Crippen LogP contribution in [-0.2, 0) is 12.8 Å². The molecule has 0 saturated heterocycles. The van der Waals surface area contributed by atoms with E-state index in [0.29, 0.717) is 19.1 Å². The maximum Gasteiger partial charge on any atom is 0.189 e. The molecule has 0 fully saturated rings. The molecule has 25 heavy (non-hydrogen) atoms. The quantitative estimate of drug-likeness (QED) is 0.665. The second-order valence-electron chi connectivity index (χ2n) is 6.43. The number of hydrogen-bond acceptors (Lipinski definition) is 3. The summed E-state index contributed by atoms with van der Waals surface area (Å²) in [7, 11) is 0. The highest BCUT2D eigenvalue weighted by Crippen LogP contribution is 2.31. The molecular weight excluding hydrogens is 314 g/mol. The Balaban J connectivity index is 1.35. The lowest BCUT2D eigenvalue weighted by atomic mass is 10.0. The van der Waals surface area contributed by atoms with Crippen molar-refractivity contribution in [2.75, 3.05) is 19.8 Å². The first-order valence-corrected chi connectivity index (χ1v) is 8.82. The Hall–Kier alpha value is -2.69. The van der Waals surface area contributed by atoms with Crippen molar-refractivity contribution in [3.8, 4) is 11.5 Å². The summed E-state index contributed by atoms with van der Waals surface area (Å²) >= 11 is 0. The first-order chi connectivity index (χ1) is 12.3. The molecule has 2 aromatic carbocycles. The lowest BCUT2D eigenvalue weighted by Crippen LogP contribution is -2.37. The van der Waals surface area contributed by atoms with E-state index < -0.39 is 0 Å². The summed E-state index contributed by atoms with van der Waals surface area (Å²) in [5, 5.41) is 3.33. The molecule has 3 N–H and O–H groups in total. The molecule has 5 heteroatoms. The van der Waals surface area contributed by atoms with Gasteiger partial charge in [-0.2, -0.15) is 0 Å². The normalized spacial score (nSPS) is 18.7. The third-order valence-electron chi connectivity index (χ3n) is 4.72. The lowest BCUT2D eigenvalue weighted by Gasteiger charge is -2.26. The van der Waals surface area contributed by atoms with E-state index in [-0.39, 0.29) is 6.04 Å². The molecular formula is C20H23N3O2. The minimum Gasteiger partial charge on any atom is -0.493 e. The fraction of sp³-hybridized carbons (Fsp3) is 0.350. The van der Waals surface area contributed by atoms with E-state index >= 15 is 0 Å². The minimum absolute atomic E-state index is 0.158. The molecule has 130 valence electrons. The number of hydrogen-bond donors (Lipinski definition) is 2. The van der Waals surface area contributed by atoms with Crippen molar-refractivity contribution in [1.29, 1.82) is 0 Å². The second kappa shape index (κ2) is 7.05.